The van der Waals surface area contributed by atoms with E-state index in [1.54, 1.807) is 0 Å². The van der Waals surface area contributed by atoms with Gasteiger partial charge in [-0.15, -0.1) is 5.10 Å². The van der Waals surface area contributed by atoms with Crippen LogP contribution in [0.5, 0.6) is 0 Å². The van der Waals surface area contributed by atoms with Crippen molar-refractivity contribution in [1.29, 1.82) is 0 Å². The summed E-state index contributed by atoms with van der Waals surface area (Å²) in [5.74, 6) is -1.29. The molecule has 0 saturated carbocycles. The van der Waals surface area contributed by atoms with Gasteiger partial charge < -0.3 is 9.84 Å². The van der Waals surface area contributed by atoms with E-state index in [0.29, 0.717) is 19.8 Å². The molecule has 0 spiro atoms. The fourth-order valence-corrected chi connectivity index (χ4v) is 0.905. The summed E-state index contributed by atoms with van der Waals surface area (Å²) in [6.45, 7) is 3.79. The third kappa shape index (κ3) is 3.14. The van der Waals surface area contributed by atoms with Crippen molar-refractivity contribution in [2.75, 3.05) is 13.2 Å². The highest BCUT2D eigenvalue weighted by atomic mass is 16.5. The van der Waals surface area contributed by atoms with Gasteiger partial charge in [-0.2, -0.15) is 0 Å². The fraction of sp³-hybridized carbons (Fsp3) is 0.625. The molecule has 14 heavy (non-hydrogen) atoms. The highest BCUT2D eigenvalue weighted by molar-refractivity contribution is 5.82. The van der Waals surface area contributed by atoms with Crippen LogP contribution in [0.15, 0.2) is 6.33 Å². The second-order valence-corrected chi connectivity index (χ2v) is 2.75. The van der Waals surface area contributed by atoms with Crippen LogP contribution in [0.1, 0.15) is 24.0 Å². The van der Waals surface area contributed by atoms with Gasteiger partial charge in [0.1, 0.15) is 6.33 Å². The molecule has 0 amide bonds. The Labute approximate surface area is 81.5 Å². The van der Waals surface area contributed by atoms with Crippen LogP contribution >= 0.6 is 0 Å². The van der Waals surface area contributed by atoms with Gasteiger partial charge in [0, 0.05) is 6.61 Å². The summed E-state index contributed by atoms with van der Waals surface area (Å²) < 4.78 is 6.68. The van der Waals surface area contributed by atoms with Crippen molar-refractivity contribution in [1.82, 2.24) is 14.8 Å². The fourth-order valence-electron chi connectivity index (χ4n) is 0.905. The Kier molecular flexibility index (Phi) is 4.06. The van der Waals surface area contributed by atoms with Crippen LogP contribution in [0.2, 0.25) is 0 Å². The summed E-state index contributed by atoms with van der Waals surface area (Å²) in [5, 5.41) is 12.3. The SMILES string of the molecule is CCCOCCn1cnc(C(=O)O)n1. The van der Waals surface area contributed by atoms with Crippen LogP contribution in [0.3, 0.4) is 0 Å². The van der Waals surface area contributed by atoms with Crippen LogP contribution in [0, 0.1) is 0 Å². The van der Waals surface area contributed by atoms with Crippen molar-refractivity contribution in [3.05, 3.63) is 12.2 Å². The van der Waals surface area contributed by atoms with E-state index >= 15 is 0 Å². The Hall–Kier alpha value is -1.43. The molecule has 6 nitrogen and oxygen atoms in total. The van der Waals surface area contributed by atoms with Crippen LogP contribution in [0.4, 0.5) is 0 Å². The van der Waals surface area contributed by atoms with Gasteiger partial charge in [-0.25, -0.2) is 14.5 Å². The van der Waals surface area contributed by atoms with E-state index in [1.807, 2.05) is 6.92 Å². The lowest BCUT2D eigenvalue weighted by molar-refractivity contribution is 0.0682. The lowest BCUT2D eigenvalue weighted by Gasteiger charge is -2.01. The van der Waals surface area contributed by atoms with Crippen LogP contribution in [0.25, 0.3) is 0 Å². The first-order valence-electron chi connectivity index (χ1n) is 4.44. The van der Waals surface area contributed by atoms with Gasteiger partial charge in [0.25, 0.3) is 5.82 Å². The largest absolute Gasteiger partial charge is 0.475 e. The minimum Gasteiger partial charge on any atom is -0.475 e. The summed E-state index contributed by atoms with van der Waals surface area (Å²) in [5.41, 5.74) is 0. The number of hydrogen-bond acceptors (Lipinski definition) is 4. The van der Waals surface area contributed by atoms with E-state index in [2.05, 4.69) is 10.1 Å². The van der Waals surface area contributed by atoms with E-state index in [4.69, 9.17) is 9.84 Å². The predicted molar refractivity (Wildman–Crippen MR) is 48.1 cm³/mol. The Morgan fingerprint density at radius 1 is 1.64 bits per heavy atom. The number of carboxylic acids is 1. The maximum atomic E-state index is 10.4. The lowest BCUT2D eigenvalue weighted by Crippen LogP contribution is -2.08. The van der Waals surface area contributed by atoms with Gasteiger partial charge >= 0.3 is 5.97 Å². The third-order valence-electron chi connectivity index (χ3n) is 1.54. The molecule has 0 radical (unpaired) electrons. The minimum atomic E-state index is -1.11. The zero-order valence-corrected chi connectivity index (χ0v) is 8.01. The molecule has 1 N–H and O–H groups in total. The standard InChI is InChI=1S/C8H13N3O3/c1-2-4-14-5-3-11-6-9-7(10-11)8(12)13/h6H,2-5H2,1H3,(H,12,13). The Morgan fingerprint density at radius 3 is 3.00 bits per heavy atom. The highest BCUT2D eigenvalue weighted by Gasteiger charge is 2.07. The number of ether oxygens (including phenoxy) is 1. The molecule has 0 fully saturated rings. The third-order valence-corrected chi connectivity index (χ3v) is 1.54. The molecule has 0 aliphatic rings. The van der Waals surface area contributed by atoms with Crippen LogP contribution in [-0.4, -0.2) is 39.1 Å². The monoisotopic (exact) mass is 199 g/mol. The second-order valence-electron chi connectivity index (χ2n) is 2.75. The summed E-state index contributed by atoms with van der Waals surface area (Å²) in [4.78, 5) is 14.0. The molecular weight excluding hydrogens is 186 g/mol. The first-order chi connectivity index (χ1) is 6.74. The van der Waals surface area contributed by atoms with Gasteiger partial charge in [-0.05, 0) is 6.42 Å². The second kappa shape index (κ2) is 5.33. The van der Waals surface area contributed by atoms with Crippen molar-refractivity contribution >= 4 is 5.97 Å². The molecule has 0 saturated heterocycles. The van der Waals surface area contributed by atoms with Gasteiger partial charge in [0.05, 0.1) is 13.2 Å². The summed E-state index contributed by atoms with van der Waals surface area (Å²) in [6, 6.07) is 0. The summed E-state index contributed by atoms with van der Waals surface area (Å²) in [6.07, 6.45) is 2.36. The van der Waals surface area contributed by atoms with Gasteiger partial charge in [0.15, 0.2) is 0 Å². The highest BCUT2D eigenvalue weighted by Crippen LogP contribution is 1.90. The Morgan fingerprint density at radius 2 is 2.43 bits per heavy atom. The Balaban J connectivity index is 2.33. The molecule has 0 unspecified atom stereocenters. The molecule has 6 heteroatoms. The van der Waals surface area contributed by atoms with Crippen LogP contribution in [-0.2, 0) is 11.3 Å². The first kappa shape index (κ1) is 10.6. The smallest absolute Gasteiger partial charge is 0.375 e. The maximum absolute atomic E-state index is 10.4. The van der Waals surface area contributed by atoms with Gasteiger partial charge in [0.2, 0.25) is 0 Å². The molecule has 78 valence electrons. The number of hydrogen-bond donors (Lipinski definition) is 1. The van der Waals surface area contributed by atoms with Crippen molar-refractivity contribution in [2.24, 2.45) is 0 Å². The predicted octanol–water partition coefficient (Wildman–Crippen LogP) is 0.403. The molecule has 0 bridgehead atoms. The van der Waals surface area contributed by atoms with Gasteiger partial charge in [-0.3, -0.25) is 0 Å². The average Bonchev–Trinajstić information content (AvgIpc) is 2.61. The van der Waals surface area contributed by atoms with E-state index in [0.717, 1.165) is 6.42 Å². The molecule has 0 aliphatic carbocycles. The van der Waals surface area contributed by atoms with E-state index in [1.165, 1.54) is 11.0 Å². The molecule has 1 aromatic rings. The van der Waals surface area contributed by atoms with Crippen molar-refractivity contribution in [3.63, 3.8) is 0 Å². The number of carboxylic acid groups (broad SMARTS) is 1. The summed E-state index contributed by atoms with van der Waals surface area (Å²) in [7, 11) is 0. The molecule has 1 aromatic heterocycles. The van der Waals surface area contributed by atoms with Crippen LogP contribution < -0.4 is 0 Å². The van der Waals surface area contributed by atoms with Crippen molar-refractivity contribution in [2.45, 2.75) is 19.9 Å². The van der Waals surface area contributed by atoms with Gasteiger partial charge in [-0.1, -0.05) is 6.92 Å². The zero-order valence-electron chi connectivity index (χ0n) is 8.01. The molecule has 0 aromatic carbocycles. The molecule has 0 atom stereocenters. The molecule has 1 heterocycles. The van der Waals surface area contributed by atoms with E-state index < -0.39 is 5.97 Å². The van der Waals surface area contributed by atoms with Crippen molar-refractivity contribution < 1.29 is 14.6 Å². The zero-order chi connectivity index (χ0) is 10.4. The number of rotatable bonds is 6. The number of carbonyl (C=O) groups is 1. The normalized spacial score (nSPS) is 10.4. The van der Waals surface area contributed by atoms with E-state index in [9.17, 15) is 4.79 Å². The molecule has 0 aliphatic heterocycles. The lowest BCUT2D eigenvalue weighted by atomic mass is 10.5. The summed E-state index contributed by atoms with van der Waals surface area (Å²) >= 11 is 0. The topological polar surface area (TPSA) is 77.2 Å². The number of nitrogens with zero attached hydrogens (tertiary/aromatic N) is 3. The number of aromatic carboxylic acids is 1. The Bertz CT molecular complexity index is 298. The van der Waals surface area contributed by atoms with Crippen molar-refractivity contribution in [3.8, 4) is 0 Å². The first-order valence-corrected chi connectivity index (χ1v) is 4.44. The number of aromatic nitrogens is 3. The maximum Gasteiger partial charge on any atom is 0.375 e. The average molecular weight is 199 g/mol. The molecule has 1 rings (SSSR count). The molecular formula is C8H13N3O3. The van der Waals surface area contributed by atoms with E-state index in [-0.39, 0.29) is 5.82 Å². The quantitative estimate of drug-likeness (QED) is 0.671. The minimum absolute atomic E-state index is 0.180.